The molecule has 0 fully saturated rings. The van der Waals surface area contributed by atoms with Crippen molar-refractivity contribution in [2.75, 3.05) is 10.6 Å². The van der Waals surface area contributed by atoms with Gasteiger partial charge >= 0.3 is 0 Å². The lowest BCUT2D eigenvalue weighted by Gasteiger charge is -2.17. The van der Waals surface area contributed by atoms with Gasteiger partial charge in [0.05, 0.1) is 5.02 Å². The highest BCUT2D eigenvalue weighted by atomic mass is 35.5. The van der Waals surface area contributed by atoms with Crippen LogP contribution in [0.5, 0.6) is 0 Å². The summed E-state index contributed by atoms with van der Waals surface area (Å²) in [5, 5.41) is 6.51. The van der Waals surface area contributed by atoms with Crippen molar-refractivity contribution in [3.63, 3.8) is 0 Å². The van der Waals surface area contributed by atoms with Crippen LogP contribution in [0.1, 0.15) is 18.1 Å². The quantitative estimate of drug-likeness (QED) is 0.903. The maximum atomic E-state index is 12.2. The van der Waals surface area contributed by atoms with Crippen molar-refractivity contribution in [2.24, 2.45) is 0 Å². The third-order valence-corrected chi connectivity index (χ3v) is 3.36. The topological polar surface area (TPSA) is 54.0 Å². The van der Waals surface area contributed by atoms with Crippen LogP contribution < -0.4 is 10.6 Å². The lowest BCUT2D eigenvalue weighted by atomic mass is 10.1. The number of carbonyl (C=O) groups excluding carboxylic acids is 1. The third kappa shape index (κ3) is 4.20. The minimum absolute atomic E-state index is 0.147. The van der Waals surface area contributed by atoms with E-state index in [0.717, 1.165) is 16.8 Å². The lowest BCUT2D eigenvalue weighted by molar-refractivity contribution is -0.116. The number of anilines is 2. The molecular formula is C16H18ClN3O. The number of hydrogen-bond acceptors (Lipinski definition) is 3. The molecular weight excluding hydrogens is 286 g/mol. The summed E-state index contributed by atoms with van der Waals surface area (Å²) in [4.78, 5) is 16.2. The van der Waals surface area contributed by atoms with Crippen LogP contribution in [-0.4, -0.2) is 16.9 Å². The molecule has 1 atom stereocenters. The van der Waals surface area contributed by atoms with E-state index >= 15 is 0 Å². The second-order valence-corrected chi connectivity index (χ2v) is 5.47. The Kier molecular flexibility index (Phi) is 4.81. The second kappa shape index (κ2) is 6.59. The number of halogens is 1. The predicted octanol–water partition coefficient (Wildman–Crippen LogP) is 3.79. The molecule has 0 aliphatic carbocycles. The molecule has 0 radical (unpaired) electrons. The number of nitrogens with zero attached hydrogens (tertiary/aromatic N) is 1. The van der Waals surface area contributed by atoms with Crippen LogP contribution in [0.15, 0.2) is 36.5 Å². The summed E-state index contributed by atoms with van der Waals surface area (Å²) < 4.78 is 0. The molecule has 0 spiro atoms. The highest BCUT2D eigenvalue weighted by Crippen LogP contribution is 2.18. The van der Waals surface area contributed by atoms with Crippen LogP contribution in [-0.2, 0) is 4.79 Å². The molecule has 4 nitrogen and oxygen atoms in total. The van der Waals surface area contributed by atoms with Crippen LogP contribution in [0.25, 0.3) is 0 Å². The number of aryl methyl sites for hydroxylation is 2. The van der Waals surface area contributed by atoms with E-state index in [1.165, 1.54) is 6.20 Å². The van der Waals surface area contributed by atoms with Gasteiger partial charge in [-0.3, -0.25) is 4.79 Å². The standard InChI is InChI=1S/C16H18ClN3O/c1-10-4-5-11(2)14(8-10)19-12(3)16(21)20-15-7-6-13(17)9-18-15/h4-9,12,19H,1-3H3,(H,18,20,21). The molecule has 1 amide bonds. The summed E-state index contributed by atoms with van der Waals surface area (Å²) >= 11 is 5.76. The maximum Gasteiger partial charge on any atom is 0.247 e. The van der Waals surface area contributed by atoms with Gasteiger partial charge in [-0.2, -0.15) is 0 Å². The summed E-state index contributed by atoms with van der Waals surface area (Å²) in [5.41, 5.74) is 3.21. The molecule has 1 heterocycles. The van der Waals surface area contributed by atoms with Gasteiger partial charge < -0.3 is 10.6 Å². The van der Waals surface area contributed by atoms with Gasteiger partial charge in [0.1, 0.15) is 11.9 Å². The number of rotatable bonds is 4. The first-order chi connectivity index (χ1) is 9.95. The van der Waals surface area contributed by atoms with Crippen LogP contribution in [0.2, 0.25) is 5.02 Å². The van der Waals surface area contributed by atoms with E-state index in [2.05, 4.69) is 15.6 Å². The van der Waals surface area contributed by atoms with E-state index in [-0.39, 0.29) is 11.9 Å². The molecule has 2 N–H and O–H groups in total. The number of hydrogen-bond donors (Lipinski definition) is 2. The van der Waals surface area contributed by atoms with E-state index in [4.69, 9.17) is 11.6 Å². The van der Waals surface area contributed by atoms with Crippen molar-refractivity contribution < 1.29 is 4.79 Å². The van der Waals surface area contributed by atoms with E-state index in [0.29, 0.717) is 10.8 Å². The van der Waals surface area contributed by atoms with E-state index in [1.54, 1.807) is 12.1 Å². The summed E-state index contributed by atoms with van der Waals surface area (Å²) in [5.74, 6) is 0.338. The molecule has 1 aromatic carbocycles. The molecule has 2 rings (SSSR count). The second-order valence-electron chi connectivity index (χ2n) is 5.04. The van der Waals surface area contributed by atoms with Gasteiger partial charge in [0.15, 0.2) is 0 Å². The minimum atomic E-state index is -0.372. The van der Waals surface area contributed by atoms with Crippen LogP contribution in [0, 0.1) is 13.8 Å². The Morgan fingerprint density at radius 1 is 1.24 bits per heavy atom. The summed E-state index contributed by atoms with van der Waals surface area (Å²) in [6, 6.07) is 9.09. The zero-order valence-corrected chi connectivity index (χ0v) is 13.0. The molecule has 110 valence electrons. The molecule has 21 heavy (non-hydrogen) atoms. The number of nitrogens with one attached hydrogen (secondary N) is 2. The molecule has 2 aromatic rings. The first-order valence-electron chi connectivity index (χ1n) is 6.72. The number of pyridine rings is 1. The predicted molar refractivity (Wildman–Crippen MR) is 86.9 cm³/mol. The molecule has 5 heteroatoms. The van der Waals surface area contributed by atoms with Crippen molar-refractivity contribution in [1.29, 1.82) is 0 Å². The summed E-state index contributed by atoms with van der Waals surface area (Å²) in [7, 11) is 0. The molecule has 1 aromatic heterocycles. The third-order valence-electron chi connectivity index (χ3n) is 3.14. The van der Waals surface area contributed by atoms with Gasteiger partial charge in [-0.1, -0.05) is 23.7 Å². The van der Waals surface area contributed by atoms with Gasteiger partial charge in [0, 0.05) is 11.9 Å². The number of benzene rings is 1. The highest BCUT2D eigenvalue weighted by Gasteiger charge is 2.14. The first-order valence-corrected chi connectivity index (χ1v) is 7.09. The van der Waals surface area contributed by atoms with Gasteiger partial charge in [-0.25, -0.2) is 4.98 Å². The van der Waals surface area contributed by atoms with Gasteiger partial charge in [0.2, 0.25) is 5.91 Å². The fourth-order valence-electron chi connectivity index (χ4n) is 1.87. The van der Waals surface area contributed by atoms with Gasteiger partial charge in [-0.15, -0.1) is 0 Å². The van der Waals surface area contributed by atoms with Crippen LogP contribution in [0.4, 0.5) is 11.5 Å². The van der Waals surface area contributed by atoms with Crippen molar-refractivity contribution in [3.8, 4) is 0 Å². The van der Waals surface area contributed by atoms with Crippen molar-refractivity contribution in [1.82, 2.24) is 4.98 Å². The maximum absolute atomic E-state index is 12.2. The molecule has 0 saturated heterocycles. The fraction of sp³-hybridized carbons (Fsp3) is 0.250. The van der Waals surface area contributed by atoms with E-state index in [9.17, 15) is 4.79 Å². The SMILES string of the molecule is Cc1ccc(C)c(NC(C)C(=O)Nc2ccc(Cl)cn2)c1. The van der Waals surface area contributed by atoms with Gasteiger partial charge in [-0.05, 0) is 50.1 Å². The van der Waals surface area contributed by atoms with Crippen LogP contribution in [0.3, 0.4) is 0 Å². The monoisotopic (exact) mass is 303 g/mol. The Morgan fingerprint density at radius 3 is 2.67 bits per heavy atom. The summed E-state index contributed by atoms with van der Waals surface area (Å²) in [6.45, 7) is 5.84. The average molecular weight is 304 g/mol. The smallest absolute Gasteiger partial charge is 0.247 e. The molecule has 0 bridgehead atoms. The first kappa shape index (κ1) is 15.3. The van der Waals surface area contributed by atoms with Crippen molar-refractivity contribution >= 4 is 29.0 Å². The number of carbonyl (C=O) groups is 1. The molecule has 0 aliphatic heterocycles. The molecule has 1 unspecified atom stereocenters. The largest absolute Gasteiger partial charge is 0.374 e. The Balaban J connectivity index is 2.02. The van der Waals surface area contributed by atoms with E-state index in [1.807, 2.05) is 39.0 Å². The van der Waals surface area contributed by atoms with Crippen molar-refractivity contribution in [2.45, 2.75) is 26.8 Å². The minimum Gasteiger partial charge on any atom is -0.374 e. The Morgan fingerprint density at radius 2 is 2.00 bits per heavy atom. The Bertz CT molecular complexity index is 640. The summed E-state index contributed by atoms with van der Waals surface area (Å²) in [6.07, 6.45) is 1.50. The fourth-order valence-corrected chi connectivity index (χ4v) is 1.99. The highest BCUT2D eigenvalue weighted by molar-refractivity contribution is 6.30. The molecule has 0 saturated carbocycles. The van der Waals surface area contributed by atoms with Gasteiger partial charge in [0.25, 0.3) is 0 Å². The normalized spacial score (nSPS) is 11.8. The zero-order valence-electron chi connectivity index (χ0n) is 12.3. The average Bonchev–Trinajstić information content (AvgIpc) is 2.45. The van der Waals surface area contributed by atoms with Crippen LogP contribution >= 0.6 is 11.6 Å². The Labute approximate surface area is 129 Å². The Hall–Kier alpha value is -2.07. The van der Waals surface area contributed by atoms with Crippen molar-refractivity contribution in [3.05, 3.63) is 52.7 Å². The number of amides is 1. The zero-order chi connectivity index (χ0) is 15.4. The lowest BCUT2D eigenvalue weighted by Crippen LogP contribution is -2.32. The van der Waals surface area contributed by atoms with E-state index < -0.39 is 0 Å². The molecule has 0 aliphatic rings. The number of aromatic nitrogens is 1.